The summed E-state index contributed by atoms with van der Waals surface area (Å²) < 4.78 is 28.1. The maximum atomic E-state index is 12.6. The Labute approximate surface area is 138 Å². The molecule has 1 aromatic carbocycles. The molecule has 124 valence electrons. The third kappa shape index (κ3) is 4.22. The van der Waals surface area contributed by atoms with Crippen LogP contribution in [0, 0.1) is 6.92 Å². The lowest BCUT2D eigenvalue weighted by atomic mass is 9.80. The van der Waals surface area contributed by atoms with E-state index in [4.69, 9.17) is 11.6 Å². The Hall–Kier alpha value is -0.620. The van der Waals surface area contributed by atoms with Crippen molar-refractivity contribution in [3.05, 3.63) is 28.8 Å². The van der Waals surface area contributed by atoms with Gasteiger partial charge in [-0.05, 0) is 71.2 Å². The molecular formula is C16H25ClN2O2S. The normalized spacial score (nSPS) is 21.7. The van der Waals surface area contributed by atoms with Gasteiger partial charge in [0.1, 0.15) is 0 Å². The fourth-order valence-corrected chi connectivity index (χ4v) is 4.92. The third-order valence-electron chi connectivity index (χ3n) is 3.95. The van der Waals surface area contributed by atoms with E-state index >= 15 is 0 Å². The zero-order valence-corrected chi connectivity index (χ0v) is 15.4. The topological polar surface area (TPSA) is 58.2 Å². The summed E-state index contributed by atoms with van der Waals surface area (Å²) >= 11 is 5.97. The van der Waals surface area contributed by atoms with Gasteiger partial charge in [-0.25, -0.2) is 13.1 Å². The summed E-state index contributed by atoms with van der Waals surface area (Å²) in [6, 6.07) is 4.70. The number of rotatable bonds is 3. The second kappa shape index (κ2) is 5.78. The highest BCUT2D eigenvalue weighted by Gasteiger charge is 2.39. The van der Waals surface area contributed by atoms with E-state index in [0.717, 1.165) is 18.4 Å². The SMILES string of the molecule is Cc1cc(S(=O)(=O)NC2CC(C)(C)NC(C)(C)C2)ccc1Cl. The van der Waals surface area contributed by atoms with Crippen molar-refractivity contribution in [3.63, 3.8) is 0 Å². The van der Waals surface area contributed by atoms with E-state index in [1.165, 1.54) is 0 Å². The van der Waals surface area contributed by atoms with Gasteiger partial charge in [0.05, 0.1) is 4.90 Å². The average Bonchev–Trinajstić information content (AvgIpc) is 2.27. The van der Waals surface area contributed by atoms with Gasteiger partial charge >= 0.3 is 0 Å². The van der Waals surface area contributed by atoms with E-state index in [0.29, 0.717) is 5.02 Å². The molecule has 2 N–H and O–H groups in total. The molecule has 22 heavy (non-hydrogen) atoms. The molecule has 0 aliphatic carbocycles. The van der Waals surface area contributed by atoms with Gasteiger partial charge in [-0.15, -0.1) is 0 Å². The van der Waals surface area contributed by atoms with Crippen LogP contribution in [0.5, 0.6) is 0 Å². The summed E-state index contributed by atoms with van der Waals surface area (Å²) in [5, 5.41) is 4.12. The van der Waals surface area contributed by atoms with E-state index in [1.54, 1.807) is 25.1 Å². The van der Waals surface area contributed by atoms with E-state index in [-0.39, 0.29) is 22.0 Å². The molecule has 0 saturated carbocycles. The lowest BCUT2D eigenvalue weighted by Gasteiger charge is -2.46. The molecule has 6 heteroatoms. The monoisotopic (exact) mass is 344 g/mol. The minimum absolute atomic E-state index is 0.0905. The van der Waals surface area contributed by atoms with Crippen LogP contribution >= 0.6 is 11.6 Å². The number of hydrogen-bond acceptors (Lipinski definition) is 3. The standard InChI is InChI=1S/C16H25ClN2O2S/c1-11-8-13(6-7-14(11)17)22(20,21)18-12-9-15(2,3)19-16(4,5)10-12/h6-8,12,18-19H,9-10H2,1-5H3. The Bertz CT molecular complexity index is 653. The van der Waals surface area contributed by atoms with Crippen molar-refractivity contribution < 1.29 is 8.42 Å². The molecule has 0 amide bonds. The van der Waals surface area contributed by atoms with Gasteiger partial charge in [0.2, 0.25) is 10.0 Å². The van der Waals surface area contributed by atoms with Gasteiger partial charge in [-0.3, -0.25) is 0 Å². The number of piperidine rings is 1. The zero-order chi connectivity index (χ0) is 16.8. The third-order valence-corrected chi connectivity index (χ3v) is 5.89. The number of benzene rings is 1. The van der Waals surface area contributed by atoms with Crippen LogP contribution in [0.2, 0.25) is 5.02 Å². The maximum absolute atomic E-state index is 12.6. The van der Waals surface area contributed by atoms with Crippen molar-refractivity contribution in [1.29, 1.82) is 0 Å². The molecular weight excluding hydrogens is 320 g/mol. The van der Waals surface area contributed by atoms with Gasteiger partial charge in [0, 0.05) is 22.1 Å². The molecule has 1 aromatic rings. The Morgan fingerprint density at radius 1 is 1.18 bits per heavy atom. The van der Waals surface area contributed by atoms with Crippen LogP contribution in [0.25, 0.3) is 0 Å². The molecule has 0 radical (unpaired) electrons. The summed E-state index contributed by atoms with van der Waals surface area (Å²) in [5.74, 6) is 0. The van der Waals surface area contributed by atoms with Crippen LogP contribution < -0.4 is 10.0 Å². The first-order valence-electron chi connectivity index (χ1n) is 7.48. The van der Waals surface area contributed by atoms with E-state index in [9.17, 15) is 8.42 Å². The van der Waals surface area contributed by atoms with Gasteiger partial charge in [-0.2, -0.15) is 0 Å². The Kier molecular flexibility index (Phi) is 4.66. The maximum Gasteiger partial charge on any atom is 0.240 e. The van der Waals surface area contributed by atoms with Gasteiger partial charge in [0.25, 0.3) is 0 Å². The van der Waals surface area contributed by atoms with E-state index in [1.807, 2.05) is 0 Å². The fraction of sp³-hybridized carbons (Fsp3) is 0.625. The molecule has 0 spiro atoms. The molecule has 0 atom stereocenters. The first-order chi connectivity index (χ1) is 9.90. The van der Waals surface area contributed by atoms with Crippen LogP contribution in [0.4, 0.5) is 0 Å². The lowest BCUT2D eigenvalue weighted by molar-refractivity contribution is 0.157. The highest BCUT2D eigenvalue weighted by atomic mass is 35.5. The molecule has 1 fully saturated rings. The smallest absolute Gasteiger partial charge is 0.240 e. The summed E-state index contributed by atoms with van der Waals surface area (Å²) in [6.07, 6.45) is 1.50. The van der Waals surface area contributed by atoms with Crippen LogP contribution in [0.1, 0.15) is 46.1 Å². The summed E-state index contributed by atoms with van der Waals surface area (Å²) in [6.45, 7) is 10.2. The van der Waals surface area contributed by atoms with E-state index in [2.05, 4.69) is 37.7 Å². The average molecular weight is 345 g/mol. The predicted octanol–water partition coefficient (Wildman–Crippen LogP) is 3.24. The second-order valence-electron chi connectivity index (χ2n) is 7.53. The minimum atomic E-state index is -3.54. The molecule has 1 aliphatic rings. The Balaban J connectivity index is 2.23. The molecule has 1 saturated heterocycles. The van der Waals surface area contributed by atoms with Crippen molar-refractivity contribution in [2.45, 2.75) is 69.5 Å². The Morgan fingerprint density at radius 2 is 1.73 bits per heavy atom. The number of aryl methyl sites for hydroxylation is 1. The predicted molar refractivity (Wildman–Crippen MR) is 90.8 cm³/mol. The largest absolute Gasteiger partial charge is 0.307 e. The van der Waals surface area contributed by atoms with Gasteiger partial charge in [-0.1, -0.05) is 11.6 Å². The van der Waals surface area contributed by atoms with E-state index < -0.39 is 10.0 Å². The zero-order valence-electron chi connectivity index (χ0n) is 13.8. The number of nitrogens with one attached hydrogen (secondary N) is 2. The molecule has 1 heterocycles. The second-order valence-corrected chi connectivity index (χ2v) is 9.65. The summed E-state index contributed by atoms with van der Waals surface area (Å²) in [7, 11) is -3.54. The summed E-state index contributed by atoms with van der Waals surface area (Å²) in [5.41, 5.74) is 0.547. The molecule has 0 aromatic heterocycles. The fourth-order valence-electron chi connectivity index (χ4n) is 3.48. The van der Waals surface area contributed by atoms with Crippen LogP contribution in [0.15, 0.2) is 23.1 Å². The first-order valence-corrected chi connectivity index (χ1v) is 9.34. The quantitative estimate of drug-likeness (QED) is 0.885. The summed E-state index contributed by atoms with van der Waals surface area (Å²) in [4.78, 5) is 0.267. The molecule has 4 nitrogen and oxygen atoms in total. The van der Waals surface area contributed by atoms with Crippen molar-refractivity contribution in [2.24, 2.45) is 0 Å². The van der Waals surface area contributed by atoms with Crippen LogP contribution in [-0.2, 0) is 10.0 Å². The number of sulfonamides is 1. The number of hydrogen-bond donors (Lipinski definition) is 2. The van der Waals surface area contributed by atoms with Crippen LogP contribution in [0.3, 0.4) is 0 Å². The van der Waals surface area contributed by atoms with Crippen molar-refractivity contribution in [2.75, 3.05) is 0 Å². The Morgan fingerprint density at radius 3 is 2.23 bits per heavy atom. The minimum Gasteiger partial charge on any atom is -0.307 e. The van der Waals surface area contributed by atoms with Crippen molar-refractivity contribution in [3.8, 4) is 0 Å². The van der Waals surface area contributed by atoms with Gasteiger partial charge < -0.3 is 5.32 Å². The number of halogens is 1. The molecule has 2 rings (SSSR count). The van der Waals surface area contributed by atoms with Crippen LogP contribution in [-0.4, -0.2) is 25.5 Å². The first kappa shape index (κ1) is 17.7. The highest BCUT2D eigenvalue weighted by molar-refractivity contribution is 7.89. The van der Waals surface area contributed by atoms with Crippen molar-refractivity contribution >= 4 is 21.6 Å². The highest BCUT2D eigenvalue weighted by Crippen LogP contribution is 2.29. The van der Waals surface area contributed by atoms with Gasteiger partial charge in [0.15, 0.2) is 0 Å². The molecule has 1 aliphatic heterocycles. The molecule has 0 bridgehead atoms. The van der Waals surface area contributed by atoms with Crippen molar-refractivity contribution in [1.82, 2.24) is 10.0 Å². The molecule has 0 unspecified atom stereocenters. The lowest BCUT2D eigenvalue weighted by Crippen LogP contribution is -2.62.